The van der Waals surface area contributed by atoms with E-state index >= 15 is 0 Å². The summed E-state index contributed by atoms with van der Waals surface area (Å²) in [7, 11) is 0. The number of fused-ring (bicyclic) bond motifs is 1. The summed E-state index contributed by atoms with van der Waals surface area (Å²) in [4.78, 5) is 13.9. The first-order valence-corrected chi connectivity index (χ1v) is 7.98. The normalized spacial score (nSPS) is 11.1. The highest BCUT2D eigenvalue weighted by molar-refractivity contribution is 7.98. The van der Waals surface area contributed by atoms with E-state index in [4.69, 9.17) is 23.2 Å². The number of rotatable bonds is 3. The molecular formula is C12H7Cl2N3S2. The van der Waals surface area contributed by atoms with E-state index in [0.717, 1.165) is 15.2 Å². The summed E-state index contributed by atoms with van der Waals surface area (Å²) in [5.74, 6) is 1.34. The van der Waals surface area contributed by atoms with Crippen LogP contribution in [0.25, 0.3) is 10.2 Å². The molecule has 0 aromatic carbocycles. The van der Waals surface area contributed by atoms with Gasteiger partial charge in [-0.05, 0) is 23.6 Å². The highest BCUT2D eigenvalue weighted by Gasteiger charge is 2.07. The van der Waals surface area contributed by atoms with Crippen LogP contribution in [-0.4, -0.2) is 15.0 Å². The molecule has 0 aliphatic rings. The molecule has 0 N–H and O–H groups in total. The van der Waals surface area contributed by atoms with Crippen LogP contribution in [0.5, 0.6) is 0 Å². The molecule has 3 aromatic heterocycles. The minimum Gasteiger partial charge on any atom is -0.248 e. The molecule has 0 saturated carbocycles. The van der Waals surface area contributed by atoms with Crippen LogP contribution in [0, 0.1) is 0 Å². The Bertz CT molecular complexity index is 713. The second kappa shape index (κ2) is 5.63. The second-order valence-electron chi connectivity index (χ2n) is 3.67. The third-order valence-electron chi connectivity index (χ3n) is 2.37. The molecule has 0 fully saturated rings. The van der Waals surface area contributed by atoms with Gasteiger partial charge in [0.25, 0.3) is 0 Å². The molecule has 0 bridgehead atoms. The molecular weight excluding hydrogens is 321 g/mol. The fraction of sp³-hybridized carbons (Fsp3) is 0.0833. The smallest absolute Gasteiger partial charge is 0.142 e. The Morgan fingerprint density at radius 2 is 2.05 bits per heavy atom. The molecule has 0 saturated heterocycles. The average Bonchev–Trinajstić information content (AvgIpc) is 2.87. The average molecular weight is 328 g/mol. The zero-order chi connectivity index (χ0) is 13.2. The number of pyridine rings is 1. The van der Waals surface area contributed by atoms with E-state index in [0.29, 0.717) is 21.8 Å². The Hall–Kier alpha value is -0.880. The maximum Gasteiger partial charge on any atom is 0.142 e. The summed E-state index contributed by atoms with van der Waals surface area (Å²) in [5, 5.41) is 4.89. The van der Waals surface area contributed by atoms with Crippen molar-refractivity contribution in [1.82, 2.24) is 15.0 Å². The lowest BCUT2D eigenvalue weighted by atomic mass is 10.4. The van der Waals surface area contributed by atoms with Crippen molar-refractivity contribution in [3.05, 3.63) is 45.8 Å². The highest BCUT2D eigenvalue weighted by Crippen LogP contribution is 2.27. The van der Waals surface area contributed by atoms with E-state index in [9.17, 15) is 0 Å². The van der Waals surface area contributed by atoms with E-state index in [-0.39, 0.29) is 0 Å². The van der Waals surface area contributed by atoms with Crippen molar-refractivity contribution >= 4 is 56.5 Å². The lowest BCUT2D eigenvalue weighted by molar-refractivity contribution is 1.06. The Kier molecular flexibility index (Phi) is 3.88. The third-order valence-corrected chi connectivity index (χ3v) is 4.63. The van der Waals surface area contributed by atoms with Crippen LogP contribution in [0.15, 0.2) is 34.8 Å². The molecule has 0 atom stereocenters. The summed E-state index contributed by atoms with van der Waals surface area (Å²) in [6.45, 7) is 0. The fourth-order valence-electron chi connectivity index (χ4n) is 1.51. The first kappa shape index (κ1) is 13.1. The number of thioether (sulfide) groups is 1. The molecule has 0 radical (unpaired) electrons. The summed E-state index contributed by atoms with van der Waals surface area (Å²) in [6.07, 6.45) is 1.63. The van der Waals surface area contributed by atoms with Crippen molar-refractivity contribution in [2.75, 3.05) is 0 Å². The van der Waals surface area contributed by atoms with Gasteiger partial charge in [0, 0.05) is 11.6 Å². The van der Waals surface area contributed by atoms with Crippen molar-refractivity contribution in [1.29, 1.82) is 0 Å². The molecule has 0 aliphatic heterocycles. The second-order valence-corrected chi connectivity index (χ2v) is 6.36. The Balaban J connectivity index is 1.79. The van der Waals surface area contributed by atoms with E-state index in [2.05, 4.69) is 15.0 Å². The number of thiophene rings is 1. The minimum absolute atomic E-state index is 0.505. The van der Waals surface area contributed by atoms with Crippen molar-refractivity contribution in [3.8, 4) is 0 Å². The van der Waals surface area contributed by atoms with Crippen LogP contribution in [0.3, 0.4) is 0 Å². The van der Waals surface area contributed by atoms with E-state index < -0.39 is 0 Å². The molecule has 96 valence electrons. The Morgan fingerprint density at radius 1 is 1.16 bits per heavy atom. The number of aromatic nitrogens is 3. The van der Waals surface area contributed by atoms with Gasteiger partial charge in [0.2, 0.25) is 0 Å². The molecule has 0 amide bonds. The Labute approximate surface area is 128 Å². The van der Waals surface area contributed by atoms with Crippen molar-refractivity contribution in [2.24, 2.45) is 0 Å². The standard InChI is InChI=1S/C12H7Cl2N3S2/c13-7-1-2-10(15-5-7)19-6-9-16-11(14)8-3-4-18-12(8)17-9/h1-5H,6H2. The Morgan fingerprint density at radius 3 is 2.84 bits per heavy atom. The maximum atomic E-state index is 6.12. The van der Waals surface area contributed by atoms with Gasteiger partial charge in [0.1, 0.15) is 15.8 Å². The number of halogens is 2. The highest BCUT2D eigenvalue weighted by atomic mass is 35.5. The summed E-state index contributed by atoms with van der Waals surface area (Å²) in [5.41, 5.74) is 0. The predicted molar refractivity (Wildman–Crippen MR) is 81.2 cm³/mol. The zero-order valence-electron chi connectivity index (χ0n) is 9.51. The van der Waals surface area contributed by atoms with Gasteiger partial charge < -0.3 is 0 Å². The zero-order valence-corrected chi connectivity index (χ0v) is 12.7. The van der Waals surface area contributed by atoms with E-state index in [1.807, 2.05) is 23.6 Å². The molecule has 7 heteroatoms. The van der Waals surface area contributed by atoms with Gasteiger partial charge in [-0.3, -0.25) is 0 Å². The molecule has 0 spiro atoms. The molecule has 3 heterocycles. The molecule has 3 nitrogen and oxygen atoms in total. The minimum atomic E-state index is 0.505. The summed E-state index contributed by atoms with van der Waals surface area (Å²) in [6, 6.07) is 5.62. The monoisotopic (exact) mass is 327 g/mol. The van der Waals surface area contributed by atoms with Gasteiger partial charge in [-0.15, -0.1) is 11.3 Å². The largest absolute Gasteiger partial charge is 0.248 e. The van der Waals surface area contributed by atoms with E-state index in [1.54, 1.807) is 29.3 Å². The molecule has 19 heavy (non-hydrogen) atoms. The van der Waals surface area contributed by atoms with Gasteiger partial charge in [0.15, 0.2) is 0 Å². The quantitative estimate of drug-likeness (QED) is 0.517. The van der Waals surface area contributed by atoms with Gasteiger partial charge in [-0.2, -0.15) is 0 Å². The van der Waals surface area contributed by atoms with Gasteiger partial charge in [-0.1, -0.05) is 35.0 Å². The number of hydrogen-bond acceptors (Lipinski definition) is 5. The lowest BCUT2D eigenvalue weighted by Gasteiger charge is -2.01. The van der Waals surface area contributed by atoms with Crippen LogP contribution in [-0.2, 0) is 5.75 Å². The molecule has 3 rings (SSSR count). The third kappa shape index (κ3) is 3.00. The van der Waals surface area contributed by atoms with Gasteiger partial charge >= 0.3 is 0 Å². The maximum absolute atomic E-state index is 6.12. The van der Waals surface area contributed by atoms with E-state index in [1.165, 1.54) is 0 Å². The van der Waals surface area contributed by atoms with Crippen molar-refractivity contribution in [2.45, 2.75) is 10.8 Å². The first-order chi connectivity index (χ1) is 9.22. The predicted octanol–water partition coefficient (Wildman–Crippen LogP) is 4.69. The van der Waals surface area contributed by atoms with Crippen molar-refractivity contribution in [3.63, 3.8) is 0 Å². The number of hydrogen-bond donors (Lipinski definition) is 0. The van der Waals surface area contributed by atoms with Crippen molar-refractivity contribution < 1.29 is 0 Å². The SMILES string of the molecule is Clc1ccc(SCc2nc(Cl)c3ccsc3n2)nc1. The van der Waals surface area contributed by atoms with Gasteiger partial charge in [0.05, 0.1) is 15.8 Å². The molecule has 0 aliphatic carbocycles. The van der Waals surface area contributed by atoms with Crippen LogP contribution in [0.1, 0.15) is 5.82 Å². The number of nitrogens with zero attached hydrogens (tertiary/aromatic N) is 3. The molecule has 3 aromatic rings. The lowest BCUT2D eigenvalue weighted by Crippen LogP contribution is -1.93. The van der Waals surface area contributed by atoms with Gasteiger partial charge in [-0.25, -0.2) is 15.0 Å². The molecule has 0 unspecified atom stereocenters. The van der Waals surface area contributed by atoms with Crippen LogP contribution in [0.2, 0.25) is 10.2 Å². The first-order valence-electron chi connectivity index (χ1n) is 5.36. The van der Waals surface area contributed by atoms with Crippen LogP contribution < -0.4 is 0 Å². The summed E-state index contributed by atoms with van der Waals surface area (Å²) < 4.78 is 0. The van der Waals surface area contributed by atoms with Crippen LogP contribution >= 0.6 is 46.3 Å². The fourth-order valence-corrected chi connectivity index (χ4v) is 3.41. The topological polar surface area (TPSA) is 38.7 Å². The summed E-state index contributed by atoms with van der Waals surface area (Å²) >= 11 is 15.0. The van der Waals surface area contributed by atoms with Crippen LogP contribution in [0.4, 0.5) is 0 Å².